The summed E-state index contributed by atoms with van der Waals surface area (Å²) in [5, 5.41) is 14.9. The summed E-state index contributed by atoms with van der Waals surface area (Å²) in [6.45, 7) is 0. The van der Waals surface area contributed by atoms with Crippen molar-refractivity contribution in [2.75, 3.05) is 5.32 Å². The number of halogens is 1. The molecular weight excluding hydrogens is 348 g/mol. The van der Waals surface area contributed by atoms with Gasteiger partial charge in [-0.2, -0.15) is 0 Å². The first-order chi connectivity index (χ1) is 11.5. The monoisotopic (exact) mass is 360 g/mol. The highest BCUT2D eigenvalue weighted by molar-refractivity contribution is 7.80. The number of amides is 1. The van der Waals surface area contributed by atoms with Crippen LogP contribution in [0.3, 0.4) is 0 Å². The lowest BCUT2D eigenvalue weighted by atomic mass is 10.2. The minimum absolute atomic E-state index is 0.00876. The highest BCUT2D eigenvalue weighted by Gasteiger charge is 2.10. The molecule has 0 fully saturated rings. The van der Waals surface area contributed by atoms with Crippen LogP contribution in [0.2, 0.25) is 5.02 Å². The fraction of sp³-hybridized carbons (Fsp3) is 0. The summed E-state index contributed by atoms with van der Waals surface area (Å²) in [6.07, 6.45) is 2.93. The number of hydrogen-bond acceptors (Lipinski definition) is 3. The number of aromatic carboxylic acids is 1. The Morgan fingerprint density at radius 1 is 1.08 bits per heavy atom. The van der Waals surface area contributed by atoms with E-state index in [-0.39, 0.29) is 10.7 Å². The standard InChI is InChI=1S/C17H13ClN2O3S/c18-12-8-5-11(6-9-12)7-10-15(21)20-17(24)19-14-4-2-1-3-13(14)16(22)23/h1-10H,(H,22,23)(H2,19,20,21,24)/b10-7+. The number of carboxylic acids is 1. The van der Waals surface area contributed by atoms with Crippen molar-refractivity contribution in [3.8, 4) is 0 Å². The molecule has 0 aliphatic carbocycles. The first kappa shape index (κ1) is 17.7. The van der Waals surface area contributed by atoms with Crippen LogP contribution in [-0.4, -0.2) is 22.1 Å². The van der Waals surface area contributed by atoms with Gasteiger partial charge >= 0.3 is 5.97 Å². The predicted octanol–water partition coefficient (Wildman–Crippen LogP) is 3.56. The lowest BCUT2D eigenvalue weighted by molar-refractivity contribution is -0.115. The van der Waals surface area contributed by atoms with E-state index in [0.29, 0.717) is 10.7 Å². The maximum absolute atomic E-state index is 11.8. The second-order valence-corrected chi connectivity index (χ2v) is 5.52. The molecule has 122 valence electrons. The minimum Gasteiger partial charge on any atom is -0.478 e. The van der Waals surface area contributed by atoms with E-state index < -0.39 is 11.9 Å². The molecule has 0 aromatic heterocycles. The number of rotatable bonds is 4. The zero-order valence-corrected chi connectivity index (χ0v) is 13.9. The normalized spacial score (nSPS) is 10.4. The van der Waals surface area contributed by atoms with Crippen molar-refractivity contribution in [2.24, 2.45) is 0 Å². The summed E-state index contributed by atoms with van der Waals surface area (Å²) in [7, 11) is 0. The van der Waals surface area contributed by atoms with Crippen molar-refractivity contribution < 1.29 is 14.7 Å². The Morgan fingerprint density at radius 3 is 2.42 bits per heavy atom. The maximum atomic E-state index is 11.8. The molecule has 0 saturated heterocycles. The van der Waals surface area contributed by atoms with Crippen molar-refractivity contribution in [1.29, 1.82) is 0 Å². The molecule has 5 nitrogen and oxygen atoms in total. The van der Waals surface area contributed by atoms with Gasteiger partial charge in [0.15, 0.2) is 5.11 Å². The second kappa shape index (κ2) is 8.24. The quantitative estimate of drug-likeness (QED) is 0.574. The third kappa shape index (κ3) is 5.19. The van der Waals surface area contributed by atoms with Gasteiger partial charge in [-0.3, -0.25) is 10.1 Å². The van der Waals surface area contributed by atoms with E-state index >= 15 is 0 Å². The number of benzene rings is 2. The molecule has 0 aliphatic heterocycles. The first-order valence-corrected chi connectivity index (χ1v) is 7.62. The van der Waals surface area contributed by atoms with E-state index in [0.717, 1.165) is 5.56 Å². The Balaban J connectivity index is 1.96. The number of thiocarbonyl (C=S) groups is 1. The molecule has 2 aromatic rings. The zero-order chi connectivity index (χ0) is 17.5. The van der Waals surface area contributed by atoms with Crippen LogP contribution in [0.5, 0.6) is 0 Å². The Labute approximate surface area is 149 Å². The third-order valence-corrected chi connectivity index (χ3v) is 3.40. The molecule has 0 spiro atoms. The van der Waals surface area contributed by atoms with Crippen molar-refractivity contribution in [1.82, 2.24) is 5.32 Å². The van der Waals surface area contributed by atoms with Crippen molar-refractivity contribution in [3.05, 3.63) is 70.8 Å². The van der Waals surface area contributed by atoms with Crippen LogP contribution in [0.15, 0.2) is 54.6 Å². The van der Waals surface area contributed by atoms with Crippen LogP contribution >= 0.6 is 23.8 Å². The number of carbonyl (C=O) groups is 2. The number of anilines is 1. The number of carboxylic acid groups (broad SMARTS) is 1. The average Bonchev–Trinajstić information content (AvgIpc) is 2.54. The van der Waals surface area contributed by atoms with E-state index in [1.54, 1.807) is 48.5 Å². The molecule has 24 heavy (non-hydrogen) atoms. The molecule has 0 radical (unpaired) electrons. The summed E-state index contributed by atoms with van der Waals surface area (Å²) < 4.78 is 0. The minimum atomic E-state index is -1.09. The van der Waals surface area contributed by atoms with Crippen LogP contribution in [0.4, 0.5) is 5.69 Å². The summed E-state index contributed by atoms with van der Waals surface area (Å²) in [5.74, 6) is -1.52. The zero-order valence-electron chi connectivity index (χ0n) is 12.3. The Hall–Kier alpha value is -2.70. The summed E-state index contributed by atoms with van der Waals surface area (Å²) >= 11 is 10.8. The molecular formula is C17H13ClN2O3S. The number of para-hydroxylation sites is 1. The fourth-order valence-corrected chi connectivity index (χ4v) is 2.17. The molecule has 0 atom stereocenters. The topological polar surface area (TPSA) is 78.4 Å². The van der Waals surface area contributed by atoms with Gasteiger partial charge < -0.3 is 10.4 Å². The van der Waals surface area contributed by atoms with E-state index in [4.69, 9.17) is 28.9 Å². The highest BCUT2D eigenvalue weighted by Crippen LogP contribution is 2.14. The molecule has 2 aromatic carbocycles. The number of carbonyl (C=O) groups excluding carboxylic acids is 1. The van der Waals surface area contributed by atoms with Crippen molar-refractivity contribution in [3.63, 3.8) is 0 Å². The third-order valence-electron chi connectivity index (χ3n) is 2.94. The smallest absolute Gasteiger partial charge is 0.337 e. The van der Waals surface area contributed by atoms with Crippen LogP contribution in [0.25, 0.3) is 6.08 Å². The number of nitrogens with one attached hydrogen (secondary N) is 2. The average molecular weight is 361 g/mol. The van der Waals surface area contributed by atoms with E-state index in [9.17, 15) is 9.59 Å². The predicted molar refractivity (Wildman–Crippen MR) is 98.3 cm³/mol. The van der Waals surface area contributed by atoms with Gasteiger partial charge in [-0.25, -0.2) is 4.79 Å². The van der Waals surface area contributed by atoms with Crippen LogP contribution in [-0.2, 0) is 4.79 Å². The fourth-order valence-electron chi connectivity index (χ4n) is 1.83. The lowest BCUT2D eigenvalue weighted by Gasteiger charge is -2.10. The van der Waals surface area contributed by atoms with Gasteiger partial charge in [0.1, 0.15) is 0 Å². The van der Waals surface area contributed by atoms with Crippen LogP contribution in [0.1, 0.15) is 15.9 Å². The Bertz CT molecular complexity index is 804. The molecule has 0 aliphatic rings. The molecule has 0 bridgehead atoms. The molecule has 1 amide bonds. The molecule has 7 heteroatoms. The second-order valence-electron chi connectivity index (χ2n) is 4.68. The summed E-state index contributed by atoms with van der Waals surface area (Å²) in [5.41, 5.74) is 1.17. The van der Waals surface area contributed by atoms with E-state index in [1.807, 2.05) is 0 Å². The van der Waals surface area contributed by atoms with Crippen LogP contribution < -0.4 is 10.6 Å². The van der Waals surface area contributed by atoms with Gasteiger partial charge in [-0.1, -0.05) is 35.9 Å². The Morgan fingerprint density at radius 2 is 1.75 bits per heavy atom. The van der Waals surface area contributed by atoms with Crippen LogP contribution in [0, 0.1) is 0 Å². The molecule has 0 heterocycles. The SMILES string of the molecule is O=C(/C=C/c1ccc(Cl)cc1)NC(=S)Nc1ccccc1C(=O)O. The van der Waals surface area contributed by atoms with E-state index in [2.05, 4.69) is 10.6 Å². The molecule has 0 unspecified atom stereocenters. The Kier molecular flexibility index (Phi) is 6.06. The highest BCUT2D eigenvalue weighted by atomic mass is 35.5. The van der Waals surface area contributed by atoms with Gasteiger partial charge in [-0.05, 0) is 48.1 Å². The number of hydrogen-bond donors (Lipinski definition) is 3. The van der Waals surface area contributed by atoms with Gasteiger partial charge in [0.2, 0.25) is 5.91 Å². The van der Waals surface area contributed by atoms with Crippen molar-refractivity contribution >= 4 is 52.6 Å². The molecule has 0 saturated carbocycles. The van der Waals surface area contributed by atoms with E-state index in [1.165, 1.54) is 12.1 Å². The maximum Gasteiger partial charge on any atom is 0.337 e. The van der Waals surface area contributed by atoms with Gasteiger partial charge in [0, 0.05) is 11.1 Å². The van der Waals surface area contributed by atoms with Gasteiger partial charge in [-0.15, -0.1) is 0 Å². The largest absolute Gasteiger partial charge is 0.478 e. The molecule has 2 rings (SSSR count). The van der Waals surface area contributed by atoms with Crippen molar-refractivity contribution in [2.45, 2.75) is 0 Å². The van der Waals surface area contributed by atoms with Gasteiger partial charge in [0.05, 0.1) is 11.3 Å². The summed E-state index contributed by atoms with van der Waals surface area (Å²) in [6, 6.07) is 13.2. The lowest BCUT2D eigenvalue weighted by Crippen LogP contribution is -2.33. The van der Waals surface area contributed by atoms with Gasteiger partial charge in [0.25, 0.3) is 0 Å². The first-order valence-electron chi connectivity index (χ1n) is 6.83. The summed E-state index contributed by atoms with van der Waals surface area (Å²) in [4.78, 5) is 23.0. The molecule has 3 N–H and O–H groups in total.